The molecule has 0 unspecified atom stereocenters. The van der Waals surface area contributed by atoms with E-state index in [0.717, 1.165) is 0 Å². The second-order valence-corrected chi connectivity index (χ2v) is 12.8. The summed E-state index contributed by atoms with van der Waals surface area (Å²) in [7, 11) is -1.63. The lowest BCUT2D eigenvalue weighted by Crippen LogP contribution is -2.78. The summed E-state index contributed by atoms with van der Waals surface area (Å²) in [4.78, 5) is 0. The summed E-state index contributed by atoms with van der Waals surface area (Å²) in [6.45, 7) is 4.78. The molecule has 0 aliphatic heterocycles. The van der Waals surface area contributed by atoms with E-state index in [2.05, 4.69) is 13.8 Å². The smallest absolute Gasteiger partial charge is 0.0975 e. The summed E-state index contributed by atoms with van der Waals surface area (Å²) in [5, 5.41) is 0.252. The largest absolute Gasteiger partial charge is 0.327 e. The molecule has 2 aliphatic rings. The van der Waals surface area contributed by atoms with Gasteiger partial charge in [0, 0.05) is 10.3 Å². The van der Waals surface area contributed by atoms with Crippen LogP contribution in [0.4, 0.5) is 0 Å². The van der Waals surface area contributed by atoms with Crippen LogP contribution in [0.2, 0.25) is 12.1 Å². The van der Waals surface area contributed by atoms with Crippen molar-refractivity contribution in [3.63, 3.8) is 0 Å². The molecule has 0 bridgehead atoms. The lowest BCUT2D eigenvalue weighted by molar-refractivity contribution is 0.323. The monoisotopic (exact) mass is 282 g/mol. The fourth-order valence-electron chi connectivity index (χ4n) is 5.48. The van der Waals surface area contributed by atoms with Crippen LogP contribution in [0.1, 0.15) is 78.1 Å². The highest BCUT2D eigenvalue weighted by Crippen LogP contribution is 2.47. The number of rotatable bonds is 4. The van der Waals surface area contributed by atoms with Gasteiger partial charge in [-0.15, -0.1) is 0 Å². The summed E-state index contributed by atoms with van der Waals surface area (Å²) in [6.07, 6.45) is 13.1. The molecule has 0 heterocycles. The quantitative estimate of drug-likeness (QED) is 0.769. The van der Waals surface area contributed by atoms with Gasteiger partial charge in [-0.3, -0.25) is 0 Å². The van der Waals surface area contributed by atoms with Gasteiger partial charge in [-0.25, -0.2) is 0 Å². The molecule has 2 rings (SSSR count). The first-order chi connectivity index (χ1) is 9.04. The third-order valence-corrected chi connectivity index (χ3v) is 13.8. The van der Waals surface area contributed by atoms with Crippen molar-refractivity contribution < 1.29 is 0 Å². The van der Waals surface area contributed by atoms with Gasteiger partial charge < -0.3 is 11.5 Å². The Balaban J connectivity index is 2.35. The van der Waals surface area contributed by atoms with Gasteiger partial charge in [-0.2, -0.15) is 0 Å². The van der Waals surface area contributed by atoms with Crippen molar-refractivity contribution in [1.82, 2.24) is 0 Å². The molecule has 112 valence electrons. The Morgan fingerprint density at radius 2 is 1.00 bits per heavy atom. The molecule has 2 aliphatic carbocycles. The number of hydrogen-bond donors (Lipinski definition) is 2. The first-order valence-corrected chi connectivity index (χ1v) is 11.0. The third kappa shape index (κ3) is 2.42. The topological polar surface area (TPSA) is 52.0 Å². The molecule has 0 radical (unpaired) electrons. The SMILES string of the molecule is CC[Si](CC)(C1(N)CCCCC1)C1(N)CCCCC1. The van der Waals surface area contributed by atoms with E-state index in [1.807, 2.05) is 0 Å². The zero-order chi connectivity index (χ0) is 14.0. The standard InChI is InChI=1S/C16H34N2Si/c1-3-19(4-2,15(17)11-7-5-8-12-15)16(18)13-9-6-10-14-16/h3-14,17-18H2,1-2H3. The van der Waals surface area contributed by atoms with E-state index in [1.165, 1.54) is 76.3 Å². The molecule has 2 saturated carbocycles. The summed E-state index contributed by atoms with van der Waals surface area (Å²) >= 11 is 0. The molecule has 0 amide bonds. The molecule has 0 saturated heterocycles. The second-order valence-electron chi connectivity index (χ2n) is 7.22. The van der Waals surface area contributed by atoms with Crippen LogP contribution in [0.15, 0.2) is 0 Å². The van der Waals surface area contributed by atoms with Crippen LogP contribution in [0.25, 0.3) is 0 Å². The molecule has 0 atom stereocenters. The van der Waals surface area contributed by atoms with Crippen LogP contribution < -0.4 is 11.5 Å². The molecule has 2 nitrogen and oxygen atoms in total. The first-order valence-electron chi connectivity index (χ1n) is 8.61. The van der Waals surface area contributed by atoms with Crippen molar-refractivity contribution in [1.29, 1.82) is 0 Å². The molecular weight excluding hydrogens is 248 g/mol. The van der Waals surface area contributed by atoms with Crippen molar-refractivity contribution in [3.8, 4) is 0 Å². The van der Waals surface area contributed by atoms with Gasteiger partial charge in [0.25, 0.3) is 0 Å². The Morgan fingerprint density at radius 3 is 1.26 bits per heavy atom. The van der Waals surface area contributed by atoms with E-state index < -0.39 is 8.07 Å². The predicted octanol–water partition coefficient (Wildman–Crippen LogP) is 3.88. The van der Waals surface area contributed by atoms with Gasteiger partial charge >= 0.3 is 0 Å². The van der Waals surface area contributed by atoms with E-state index >= 15 is 0 Å². The zero-order valence-corrected chi connectivity index (χ0v) is 14.1. The lowest BCUT2D eigenvalue weighted by atomic mass is 9.94. The Kier molecular flexibility index (Phi) is 4.79. The maximum absolute atomic E-state index is 7.06. The minimum atomic E-state index is -1.63. The predicted molar refractivity (Wildman–Crippen MR) is 86.7 cm³/mol. The van der Waals surface area contributed by atoms with Crippen LogP contribution in [0.3, 0.4) is 0 Å². The Hall–Kier alpha value is 0.137. The highest BCUT2D eigenvalue weighted by atomic mass is 28.3. The van der Waals surface area contributed by atoms with Crippen LogP contribution >= 0.6 is 0 Å². The van der Waals surface area contributed by atoms with Crippen LogP contribution in [-0.4, -0.2) is 18.4 Å². The second kappa shape index (κ2) is 5.86. The Bertz CT molecular complexity index is 261. The molecule has 3 heteroatoms. The van der Waals surface area contributed by atoms with E-state index in [9.17, 15) is 0 Å². The average Bonchev–Trinajstić information content (AvgIpc) is 2.41. The van der Waals surface area contributed by atoms with Crippen molar-refractivity contribution in [2.24, 2.45) is 11.5 Å². The van der Waals surface area contributed by atoms with Gasteiger partial charge in [-0.1, -0.05) is 64.5 Å². The summed E-state index contributed by atoms with van der Waals surface area (Å²) < 4.78 is 0. The van der Waals surface area contributed by atoms with Crippen molar-refractivity contribution >= 4 is 8.07 Å². The molecule has 19 heavy (non-hydrogen) atoms. The highest BCUT2D eigenvalue weighted by molar-refractivity contribution is 6.85. The van der Waals surface area contributed by atoms with Crippen LogP contribution in [0.5, 0.6) is 0 Å². The van der Waals surface area contributed by atoms with Gasteiger partial charge in [0.2, 0.25) is 0 Å². The van der Waals surface area contributed by atoms with Gasteiger partial charge in [0.15, 0.2) is 0 Å². The van der Waals surface area contributed by atoms with Crippen molar-refractivity contribution in [3.05, 3.63) is 0 Å². The van der Waals surface area contributed by atoms with Crippen molar-refractivity contribution in [2.45, 2.75) is 100 Å². The normalized spacial score (nSPS) is 27.2. The van der Waals surface area contributed by atoms with E-state index in [-0.39, 0.29) is 10.3 Å². The lowest BCUT2D eigenvalue weighted by Gasteiger charge is -2.59. The number of nitrogens with two attached hydrogens (primary N) is 2. The van der Waals surface area contributed by atoms with Crippen LogP contribution in [-0.2, 0) is 0 Å². The highest BCUT2D eigenvalue weighted by Gasteiger charge is 2.59. The molecule has 0 aromatic rings. The fraction of sp³-hybridized carbons (Fsp3) is 1.00. The zero-order valence-electron chi connectivity index (χ0n) is 13.1. The molecule has 0 aromatic carbocycles. The summed E-state index contributed by atoms with van der Waals surface area (Å²) in [5.74, 6) is 0. The Morgan fingerprint density at radius 1 is 0.684 bits per heavy atom. The van der Waals surface area contributed by atoms with E-state index in [1.54, 1.807) is 0 Å². The first kappa shape index (κ1) is 15.5. The minimum Gasteiger partial charge on any atom is -0.327 e. The Labute approximate surface area is 120 Å². The van der Waals surface area contributed by atoms with E-state index in [4.69, 9.17) is 11.5 Å². The van der Waals surface area contributed by atoms with Gasteiger partial charge in [0.05, 0.1) is 8.07 Å². The fourth-order valence-corrected chi connectivity index (χ4v) is 12.4. The van der Waals surface area contributed by atoms with Gasteiger partial charge in [-0.05, 0) is 25.7 Å². The molecule has 2 fully saturated rings. The average molecular weight is 283 g/mol. The van der Waals surface area contributed by atoms with Crippen LogP contribution in [0, 0.1) is 0 Å². The summed E-state index contributed by atoms with van der Waals surface area (Å²) in [5.41, 5.74) is 14.1. The van der Waals surface area contributed by atoms with Crippen molar-refractivity contribution in [2.75, 3.05) is 0 Å². The van der Waals surface area contributed by atoms with E-state index in [0.29, 0.717) is 0 Å². The molecule has 0 aromatic heterocycles. The minimum absolute atomic E-state index is 0.126. The maximum atomic E-state index is 7.06. The summed E-state index contributed by atoms with van der Waals surface area (Å²) in [6, 6.07) is 2.58. The number of hydrogen-bond acceptors (Lipinski definition) is 2. The van der Waals surface area contributed by atoms with Gasteiger partial charge in [0.1, 0.15) is 0 Å². The third-order valence-electron chi connectivity index (χ3n) is 6.60. The molecule has 0 spiro atoms. The maximum Gasteiger partial charge on any atom is 0.0975 e. The molecular formula is C16H34N2Si. The molecule has 4 N–H and O–H groups in total.